The minimum absolute atomic E-state index is 0.168. The third-order valence-corrected chi connectivity index (χ3v) is 6.30. The minimum Gasteiger partial charge on any atom is -0.346 e. The molecule has 1 fully saturated rings. The first kappa shape index (κ1) is 19.7. The summed E-state index contributed by atoms with van der Waals surface area (Å²) in [6.45, 7) is 3.00. The van der Waals surface area contributed by atoms with E-state index in [1.807, 2.05) is 16.8 Å². The number of amides is 1. The zero-order valence-electron chi connectivity index (χ0n) is 18.5. The molecule has 33 heavy (non-hydrogen) atoms. The number of hydrogen-bond acceptors (Lipinski definition) is 4. The van der Waals surface area contributed by atoms with E-state index in [0.29, 0.717) is 24.6 Å². The van der Waals surface area contributed by atoms with E-state index in [-0.39, 0.29) is 5.91 Å². The maximum atomic E-state index is 12.7. The molecule has 1 N–H and O–H groups in total. The predicted octanol–water partition coefficient (Wildman–Crippen LogP) is 3.60. The van der Waals surface area contributed by atoms with E-state index in [1.165, 1.54) is 24.0 Å². The summed E-state index contributed by atoms with van der Waals surface area (Å²) >= 11 is 0. The lowest BCUT2D eigenvalue weighted by Gasteiger charge is -2.03. The molecule has 0 aromatic carbocycles. The van der Waals surface area contributed by atoms with Crippen molar-refractivity contribution in [3.63, 3.8) is 0 Å². The van der Waals surface area contributed by atoms with Crippen molar-refractivity contribution in [2.75, 3.05) is 0 Å². The highest BCUT2D eigenvalue weighted by Crippen LogP contribution is 2.39. The summed E-state index contributed by atoms with van der Waals surface area (Å²) in [5.74, 6) is 0.541. The maximum Gasteiger partial charge on any atom is 0.254 e. The van der Waals surface area contributed by atoms with Crippen LogP contribution in [0.15, 0.2) is 61.6 Å². The smallest absolute Gasteiger partial charge is 0.254 e. The van der Waals surface area contributed by atoms with Gasteiger partial charge in [-0.05, 0) is 54.5 Å². The third-order valence-electron chi connectivity index (χ3n) is 6.30. The van der Waals surface area contributed by atoms with E-state index >= 15 is 0 Å². The van der Waals surface area contributed by atoms with Crippen molar-refractivity contribution in [1.82, 2.24) is 33.9 Å². The van der Waals surface area contributed by atoms with Crippen LogP contribution in [0.1, 0.15) is 58.6 Å². The van der Waals surface area contributed by atoms with Gasteiger partial charge >= 0.3 is 0 Å². The van der Waals surface area contributed by atoms with Crippen molar-refractivity contribution in [2.45, 2.75) is 45.2 Å². The average molecular weight is 440 g/mol. The SMILES string of the molecule is CCc1ccn2cnc(CNC(=O)c3cnn(Cc4cn5cc(C6CC6)ccc5n4)c3)c2c1. The van der Waals surface area contributed by atoms with E-state index in [9.17, 15) is 4.79 Å². The van der Waals surface area contributed by atoms with Gasteiger partial charge in [0.1, 0.15) is 5.65 Å². The Labute approximate surface area is 190 Å². The fourth-order valence-corrected chi connectivity index (χ4v) is 4.24. The van der Waals surface area contributed by atoms with E-state index in [2.05, 4.69) is 62.2 Å². The number of hydrogen-bond donors (Lipinski definition) is 1. The van der Waals surface area contributed by atoms with Crippen LogP contribution in [0.3, 0.4) is 0 Å². The molecule has 0 atom stereocenters. The third kappa shape index (κ3) is 3.88. The Hall–Kier alpha value is -3.94. The highest BCUT2D eigenvalue weighted by molar-refractivity contribution is 5.93. The van der Waals surface area contributed by atoms with Gasteiger partial charge in [-0.3, -0.25) is 9.48 Å². The number of aryl methyl sites for hydroxylation is 1. The van der Waals surface area contributed by atoms with Crippen LogP contribution in [0.5, 0.6) is 0 Å². The first-order chi connectivity index (χ1) is 16.2. The Morgan fingerprint density at radius 1 is 1.15 bits per heavy atom. The number of nitrogens with zero attached hydrogens (tertiary/aromatic N) is 6. The normalized spacial score (nSPS) is 13.7. The molecule has 0 unspecified atom stereocenters. The van der Waals surface area contributed by atoms with Crippen LogP contribution in [0.4, 0.5) is 0 Å². The predicted molar refractivity (Wildman–Crippen MR) is 124 cm³/mol. The molecule has 5 heterocycles. The van der Waals surface area contributed by atoms with E-state index < -0.39 is 0 Å². The summed E-state index contributed by atoms with van der Waals surface area (Å²) in [6, 6.07) is 8.45. The lowest BCUT2D eigenvalue weighted by atomic mass is 10.2. The van der Waals surface area contributed by atoms with Crippen molar-refractivity contribution in [1.29, 1.82) is 0 Å². The quantitative estimate of drug-likeness (QED) is 0.420. The second-order valence-corrected chi connectivity index (χ2v) is 8.72. The molecule has 0 radical (unpaired) electrons. The number of nitrogens with one attached hydrogen (secondary N) is 1. The second-order valence-electron chi connectivity index (χ2n) is 8.72. The standard InChI is InChI=1S/C25H25N7O/c1-2-17-7-8-30-16-27-22(23(30)9-17)11-26-25(33)20-10-28-32(13-20)15-21-14-31-12-19(18-3-4-18)5-6-24(31)29-21/h5-10,12-14,16,18H,2-4,11,15H2,1H3,(H,26,33). The maximum absolute atomic E-state index is 12.7. The number of rotatable bonds is 7. The summed E-state index contributed by atoms with van der Waals surface area (Å²) in [7, 11) is 0. The zero-order valence-corrected chi connectivity index (χ0v) is 18.5. The molecule has 8 nitrogen and oxygen atoms in total. The van der Waals surface area contributed by atoms with Crippen molar-refractivity contribution in [3.8, 4) is 0 Å². The lowest BCUT2D eigenvalue weighted by Crippen LogP contribution is -2.22. The Bertz CT molecular complexity index is 1470. The summed E-state index contributed by atoms with van der Waals surface area (Å²) < 4.78 is 5.80. The highest BCUT2D eigenvalue weighted by atomic mass is 16.1. The molecule has 5 aromatic rings. The monoisotopic (exact) mass is 439 g/mol. The zero-order chi connectivity index (χ0) is 22.4. The number of imidazole rings is 2. The molecule has 0 aliphatic heterocycles. The van der Waals surface area contributed by atoms with Gasteiger partial charge < -0.3 is 14.1 Å². The van der Waals surface area contributed by atoms with E-state index in [1.54, 1.807) is 23.4 Å². The van der Waals surface area contributed by atoms with Crippen molar-refractivity contribution in [3.05, 3.63) is 89.7 Å². The topological polar surface area (TPSA) is 81.5 Å². The lowest BCUT2D eigenvalue weighted by molar-refractivity contribution is 0.0950. The largest absolute Gasteiger partial charge is 0.346 e. The van der Waals surface area contributed by atoms with Crippen LogP contribution < -0.4 is 5.32 Å². The van der Waals surface area contributed by atoms with Gasteiger partial charge in [0.05, 0.1) is 48.1 Å². The number of fused-ring (bicyclic) bond motifs is 2. The number of aromatic nitrogens is 6. The number of carbonyl (C=O) groups excluding carboxylic acids is 1. The molecule has 1 saturated carbocycles. The molecule has 1 aliphatic carbocycles. The molecule has 1 amide bonds. The molecule has 0 bridgehead atoms. The van der Waals surface area contributed by atoms with Crippen LogP contribution >= 0.6 is 0 Å². The van der Waals surface area contributed by atoms with Crippen molar-refractivity contribution in [2.24, 2.45) is 0 Å². The van der Waals surface area contributed by atoms with Crippen molar-refractivity contribution < 1.29 is 4.79 Å². The molecule has 5 aromatic heterocycles. The fraction of sp³-hybridized carbons (Fsp3) is 0.280. The molecule has 1 aliphatic rings. The summed E-state index contributed by atoms with van der Waals surface area (Å²) in [4.78, 5) is 21.8. The average Bonchev–Trinajstić information content (AvgIpc) is 3.25. The highest BCUT2D eigenvalue weighted by Gasteiger charge is 2.23. The molecular weight excluding hydrogens is 414 g/mol. The van der Waals surface area contributed by atoms with Gasteiger partial charge in [-0.1, -0.05) is 13.0 Å². The molecule has 0 spiro atoms. The van der Waals surface area contributed by atoms with Crippen LogP contribution in [-0.2, 0) is 19.5 Å². The van der Waals surface area contributed by atoms with Gasteiger partial charge in [-0.2, -0.15) is 5.10 Å². The van der Waals surface area contributed by atoms with Gasteiger partial charge in [0.2, 0.25) is 0 Å². The Balaban J connectivity index is 1.13. The number of carbonyl (C=O) groups is 1. The fourth-order valence-electron chi connectivity index (χ4n) is 4.24. The molecule has 0 saturated heterocycles. The summed E-state index contributed by atoms with van der Waals surface area (Å²) in [5, 5.41) is 7.33. The summed E-state index contributed by atoms with van der Waals surface area (Å²) in [6.07, 6.45) is 14.9. The van der Waals surface area contributed by atoms with Crippen LogP contribution in [0, 0.1) is 0 Å². The van der Waals surface area contributed by atoms with Gasteiger partial charge in [-0.15, -0.1) is 0 Å². The van der Waals surface area contributed by atoms with Crippen LogP contribution in [0.2, 0.25) is 0 Å². The Morgan fingerprint density at radius 3 is 2.91 bits per heavy atom. The Morgan fingerprint density at radius 2 is 2.06 bits per heavy atom. The first-order valence-electron chi connectivity index (χ1n) is 11.4. The molecular formula is C25H25N7O. The van der Waals surface area contributed by atoms with Crippen LogP contribution in [-0.4, -0.2) is 34.5 Å². The van der Waals surface area contributed by atoms with Gasteiger partial charge in [0.15, 0.2) is 0 Å². The molecule has 6 rings (SSSR count). The minimum atomic E-state index is -0.168. The second kappa shape index (κ2) is 7.88. The van der Waals surface area contributed by atoms with Crippen LogP contribution in [0.25, 0.3) is 11.2 Å². The van der Waals surface area contributed by atoms with Crippen molar-refractivity contribution >= 4 is 17.1 Å². The Kier molecular flexibility index (Phi) is 4.71. The first-order valence-corrected chi connectivity index (χ1v) is 11.4. The van der Waals surface area contributed by atoms with Gasteiger partial charge in [-0.25, -0.2) is 9.97 Å². The van der Waals surface area contributed by atoms with Gasteiger partial charge in [0.25, 0.3) is 5.91 Å². The van der Waals surface area contributed by atoms with E-state index in [0.717, 1.165) is 29.0 Å². The van der Waals surface area contributed by atoms with Gasteiger partial charge in [0, 0.05) is 24.8 Å². The molecule has 166 valence electrons. The number of pyridine rings is 2. The van der Waals surface area contributed by atoms with E-state index in [4.69, 9.17) is 0 Å². The summed E-state index contributed by atoms with van der Waals surface area (Å²) in [5.41, 5.74) is 6.84. The molecule has 8 heteroatoms.